The summed E-state index contributed by atoms with van der Waals surface area (Å²) in [6.45, 7) is 3.09. The zero-order valence-electron chi connectivity index (χ0n) is 19.2. The maximum Gasteiger partial charge on any atom is 0.280 e. The second-order valence-corrected chi connectivity index (χ2v) is 9.59. The molecule has 0 N–H and O–H groups in total. The SMILES string of the molecule is Cc1cc([C@@H]2C[C@H](c3nc(-c4ccc(Cl)cc4F)c4nc5n(c(=O)c4n3)CCC5)CCO2)ccn1. The molecule has 1 saturated heterocycles. The standard InChI is InChI=1S/C26H23ClFN5O2/c1-14-11-15(6-8-29-14)20-12-16(7-10-35-20)25-31-22(18-5-4-17(27)13-19(18)28)23-24(32-25)26(34)33-9-2-3-21(33)30-23/h4-6,8,11,13,16,20H,2-3,7,9-10,12H2,1H3/t16-,20+/m1/s1. The van der Waals surface area contributed by atoms with Crippen molar-refractivity contribution in [3.05, 3.63) is 80.6 Å². The predicted octanol–water partition coefficient (Wildman–Crippen LogP) is 4.93. The lowest BCUT2D eigenvalue weighted by Crippen LogP contribution is -2.25. The summed E-state index contributed by atoms with van der Waals surface area (Å²) in [5.74, 6) is 0.633. The van der Waals surface area contributed by atoms with Crippen LogP contribution in [0.3, 0.4) is 0 Å². The molecule has 178 valence electrons. The number of pyridine rings is 1. The van der Waals surface area contributed by atoms with Crippen molar-refractivity contribution in [3.8, 4) is 11.3 Å². The molecule has 0 aliphatic carbocycles. The van der Waals surface area contributed by atoms with E-state index in [0.717, 1.165) is 17.7 Å². The van der Waals surface area contributed by atoms with Crippen molar-refractivity contribution in [1.29, 1.82) is 0 Å². The van der Waals surface area contributed by atoms with Crippen LogP contribution in [0.5, 0.6) is 0 Å². The second-order valence-electron chi connectivity index (χ2n) is 9.15. The van der Waals surface area contributed by atoms with Gasteiger partial charge in [-0.25, -0.2) is 19.3 Å². The van der Waals surface area contributed by atoms with E-state index in [2.05, 4.69) is 4.98 Å². The van der Waals surface area contributed by atoms with Gasteiger partial charge in [0.25, 0.3) is 5.56 Å². The maximum absolute atomic E-state index is 15.1. The highest BCUT2D eigenvalue weighted by Gasteiger charge is 2.30. The molecule has 0 spiro atoms. The van der Waals surface area contributed by atoms with Gasteiger partial charge in [-0.1, -0.05) is 11.6 Å². The van der Waals surface area contributed by atoms with Crippen LogP contribution in [0.1, 0.15) is 54.2 Å². The van der Waals surface area contributed by atoms with Gasteiger partial charge < -0.3 is 4.74 Å². The molecule has 2 atom stereocenters. The number of benzene rings is 1. The van der Waals surface area contributed by atoms with Gasteiger partial charge >= 0.3 is 0 Å². The zero-order chi connectivity index (χ0) is 24.1. The normalized spacial score (nSPS) is 19.7. The Morgan fingerprint density at radius 3 is 2.86 bits per heavy atom. The number of ether oxygens (including phenoxy) is 1. The van der Waals surface area contributed by atoms with E-state index in [4.69, 9.17) is 31.3 Å². The first-order chi connectivity index (χ1) is 17.0. The van der Waals surface area contributed by atoms with Crippen molar-refractivity contribution in [2.75, 3.05) is 6.61 Å². The van der Waals surface area contributed by atoms with Crippen LogP contribution in [-0.2, 0) is 17.7 Å². The summed E-state index contributed by atoms with van der Waals surface area (Å²) >= 11 is 6.00. The molecule has 2 aliphatic heterocycles. The summed E-state index contributed by atoms with van der Waals surface area (Å²) in [5, 5.41) is 0.290. The lowest BCUT2D eigenvalue weighted by molar-refractivity contribution is 0.00394. The van der Waals surface area contributed by atoms with Gasteiger partial charge in [-0.2, -0.15) is 0 Å². The third kappa shape index (κ3) is 4.00. The lowest BCUT2D eigenvalue weighted by atomic mass is 9.91. The van der Waals surface area contributed by atoms with Crippen LogP contribution >= 0.6 is 11.6 Å². The van der Waals surface area contributed by atoms with E-state index < -0.39 is 5.82 Å². The molecule has 0 amide bonds. The van der Waals surface area contributed by atoms with Gasteiger partial charge in [0, 0.05) is 48.0 Å². The number of aromatic nitrogens is 5. The molecule has 0 radical (unpaired) electrons. The topological polar surface area (TPSA) is 82.8 Å². The Labute approximate surface area is 206 Å². The van der Waals surface area contributed by atoms with E-state index in [9.17, 15) is 4.79 Å². The predicted molar refractivity (Wildman–Crippen MR) is 130 cm³/mol. The summed E-state index contributed by atoms with van der Waals surface area (Å²) < 4.78 is 22.8. The van der Waals surface area contributed by atoms with Crippen LogP contribution in [0, 0.1) is 12.7 Å². The number of fused-ring (bicyclic) bond motifs is 2. The number of rotatable bonds is 3. The number of hydrogen-bond acceptors (Lipinski definition) is 6. The van der Waals surface area contributed by atoms with Crippen LogP contribution in [0.4, 0.5) is 4.39 Å². The fraction of sp³-hybridized carbons (Fsp3) is 0.346. The van der Waals surface area contributed by atoms with Crippen molar-refractivity contribution < 1.29 is 9.13 Å². The van der Waals surface area contributed by atoms with E-state index in [1.54, 1.807) is 22.9 Å². The molecule has 5 heterocycles. The van der Waals surface area contributed by atoms with Crippen molar-refractivity contribution >= 4 is 22.6 Å². The van der Waals surface area contributed by atoms with Gasteiger partial charge in [-0.3, -0.25) is 14.3 Å². The molecule has 35 heavy (non-hydrogen) atoms. The molecular formula is C26H23ClFN5O2. The maximum atomic E-state index is 15.1. The van der Waals surface area contributed by atoms with Crippen molar-refractivity contribution in [3.63, 3.8) is 0 Å². The minimum absolute atomic E-state index is 0.0570. The number of nitrogens with zero attached hydrogens (tertiary/aromatic N) is 5. The third-order valence-electron chi connectivity index (χ3n) is 6.81. The molecule has 4 aromatic rings. The van der Waals surface area contributed by atoms with Crippen LogP contribution < -0.4 is 5.56 Å². The second kappa shape index (κ2) is 8.77. The van der Waals surface area contributed by atoms with Crippen LogP contribution in [-0.4, -0.2) is 31.1 Å². The van der Waals surface area contributed by atoms with Gasteiger partial charge in [0.05, 0.1) is 6.10 Å². The molecule has 0 bridgehead atoms. The first-order valence-electron chi connectivity index (χ1n) is 11.8. The summed E-state index contributed by atoms with van der Waals surface area (Å²) in [6.07, 6.45) is 4.54. The number of aryl methyl sites for hydroxylation is 2. The molecule has 1 fully saturated rings. The largest absolute Gasteiger partial charge is 0.373 e. The Morgan fingerprint density at radius 1 is 1.14 bits per heavy atom. The molecule has 2 aliphatic rings. The minimum atomic E-state index is -0.511. The molecule has 0 unspecified atom stereocenters. The van der Waals surface area contributed by atoms with Crippen molar-refractivity contribution in [1.82, 2.24) is 24.5 Å². The van der Waals surface area contributed by atoms with Crippen LogP contribution in [0.2, 0.25) is 5.02 Å². The van der Waals surface area contributed by atoms with Crippen LogP contribution in [0.25, 0.3) is 22.3 Å². The van der Waals surface area contributed by atoms with E-state index in [1.807, 2.05) is 19.1 Å². The Kier molecular flexibility index (Phi) is 5.57. The highest BCUT2D eigenvalue weighted by atomic mass is 35.5. The summed E-state index contributed by atoms with van der Waals surface area (Å²) in [5.41, 5.74) is 2.92. The van der Waals surface area contributed by atoms with E-state index in [0.29, 0.717) is 60.3 Å². The average Bonchev–Trinajstić information content (AvgIpc) is 3.33. The number of hydrogen-bond donors (Lipinski definition) is 0. The van der Waals surface area contributed by atoms with Crippen molar-refractivity contribution in [2.24, 2.45) is 0 Å². The highest BCUT2D eigenvalue weighted by molar-refractivity contribution is 6.30. The first kappa shape index (κ1) is 22.2. The van der Waals surface area contributed by atoms with Gasteiger partial charge in [0.1, 0.15) is 28.7 Å². The number of halogens is 2. The quantitative estimate of drug-likeness (QED) is 0.404. The first-order valence-corrected chi connectivity index (χ1v) is 12.2. The molecular weight excluding hydrogens is 469 g/mol. The molecule has 9 heteroatoms. The Bertz CT molecular complexity index is 1520. The van der Waals surface area contributed by atoms with Gasteiger partial charge in [0.2, 0.25) is 0 Å². The Morgan fingerprint density at radius 2 is 2.03 bits per heavy atom. The van der Waals surface area contributed by atoms with Gasteiger partial charge in [-0.15, -0.1) is 0 Å². The fourth-order valence-corrected chi connectivity index (χ4v) is 5.22. The fourth-order valence-electron chi connectivity index (χ4n) is 5.06. The van der Waals surface area contributed by atoms with E-state index in [1.165, 1.54) is 6.07 Å². The molecule has 6 rings (SSSR count). The summed E-state index contributed by atoms with van der Waals surface area (Å²) in [6, 6.07) is 8.42. The van der Waals surface area contributed by atoms with Gasteiger partial charge in [-0.05, 0) is 62.1 Å². The Balaban J connectivity index is 1.51. The molecule has 7 nitrogen and oxygen atoms in total. The molecule has 3 aromatic heterocycles. The van der Waals surface area contributed by atoms with E-state index >= 15 is 4.39 Å². The van der Waals surface area contributed by atoms with Crippen LogP contribution in [0.15, 0.2) is 41.3 Å². The Hall–Kier alpha value is -3.23. The monoisotopic (exact) mass is 491 g/mol. The third-order valence-corrected chi connectivity index (χ3v) is 7.05. The smallest absolute Gasteiger partial charge is 0.280 e. The minimum Gasteiger partial charge on any atom is -0.373 e. The summed E-state index contributed by atoms with van der Waals surface area (Å²) in [4.78, 5) is 31.9. The average molecular weight is 492 g/mol. The van der Waals surface area contributed by atoms with E-state index in [-0.39, 0.29) is 28.7 Å². The van der Waals surface area contributed by atoms with Crippen molar-refractivity contribution in [2.45, 2.75) is 51.2 Å². The molecule has 1 aromatic carbocycles. The molecule has 0 saturated carbocycles. The highest BCUT2D eigenvalue weighted by Crippen LogP contribution is 2.38. The lowest BCUT2D eigenvalue weighted by Gasteiger charge is -2.29. The summed E-state index contributed by atoms with van der Waals surface area (Å²) in [7, 11) is 0. The van der Waals surface area contributed by atoms with Gasteiger partial charge in [0.15, 0.2) is 5.52 Å². The zero-order valence-corrected chi connectivity index (χ0v) is 19.9.